The van der Waals surface area contributed by atoms with Gasteiger partial charge in [0.15, 0.2) is 0 Å². The summed E-state index contributed by atoms with van der Waals surface area (Å²) in [6.45, 7) is 1.62. The van der Waals surface area contributed by atoms with Crippen LogP contribution in [-0.4, -0.2) is 21.3 Å². The highest BCUT2D eigenvalue weighted by Crippen LogP contribution is 2.29. The lowest BCUT2D eigenvalue weighted by molar-refractivity contribution is 0.0907. The summed E-state index contributed by atoms with van der Waals surface area (Å²) in [5, 5.41) is 20.9. The van der Waals surface area contributed by atoms with Crippen LogP contribution in [0.5, 0.6) is 0 Å². The van der Waals surface area contributed by atoms with Crippen LogP contribution >= 0.6 is 23.2 Å². The van der Waals surface area contributed by atoms with Crippen molar-refractivity contribution in [3.8, 4) is 0 Å². The summed E-state index contributed by atoms with van der Waals surface area (Å²) in [7, 11) is 0. The second kappa shape index (κ2) is 5.41. The molecule has 0 aliphatic rings. The molecule has 0 amide bonds. The Hall–Kier alpha value is -0.870. The number of pyridine rings is 1. The number of rotatable bonds is 3. The molecule has 0 bridgehead atoms. The van der Waals surface area contributed by atoms with Crippen LogP contribution in [0.3, 0.4) is 0 Å². The molecule has 0 aliphatic heterocycles. The zero-order chi connectivity index (χ0) is 13.3. The molecule has 2 N–H and O–H groups in total. The Morgan fingerprint density at radius 1 is 1.22 bits per heavy atom. The molecule has 0 saturated carbocycles. The number of halogens is 2. The molecular formula is C13H13Cl2NO2. The minimum absolute atomic E-state index is 0.223. The molecule has 96 valence electrons. The van der Waals surface area contributed by atoms with Gasteiger partial charge in [-0.3, -0.25) is 0 Å². The Morgan fingerprint density at radius 2 is 1.94 bits per heavy atom. The monoisotopic (exact) mass is 285 g/mol. The maximum absolute atomic E-state index is 9.98. The summed E-state index contributed by atoms with van der Waals surface area (Å²) in [5.74, 6) is 0. The normalized spacial score (nSPS) is 14.7. The first-order chi connectivity index (χ1) is 8.47. The third-order valence-electron chi connectivity index (χ3n) is 2.68. The molecule has 2 atom stereocenters. The Bertz CT molecular complexity index is 572. The Labute approximate surface area is 115 Å². The van der Waals surface area contributed by atoms with Crippen molar-refractivity contribution in [2.45, 2.75) is 25.6 Å². The molecule has 1 heterocycles. The fourth-order valence-electron chi connectivity index (χ4n) is 1.82. The van der Waals surface area contributed by atoms with E-state index in [9.17, 15) is 10.2 Å². The maximum Gasteiger partial charge on any atom is 0.135 e. The number of fused-ring (bicyclic) bond motifs is 1. The molecule has 0 unspecified atom stereocenters. The van der Waals surface area contributed by atoms with Crippen LogP contribution in [-0.2, 0) is 0 Å². The predicted octanol–water partition coefficient (Wildman–Crippen LogP) is 3.35. The van der Waals surface area contributed by atoms with Crippen LogP contribution in [0.2, 0.25) is 10.2 Å². The van der Waals surface area contributed by atoms with Crippen molar-refractivity contribution in [2.75, 3.05) is 0 Å². The van der Waals surface area contributed by atoms with E-state index in [1.54, 1.807) is 25.1 Å². The van der Waals surface area contributed by atoms with E-state index in [-0.39, 0.29) is 11.6 Å². The van der Waals surface area contributed by atoms with Crippen LogP contribution in [0.25, 0.3) is 10.9 Å². The van der Waals surface area contributed by atoms with Crippen molar-refractivity contribution in [1.82, 2.24) is 4.98 Å². The fourth-order valence-corrected chi connectivity index (χ4v) is 2.25. The third kappa shape index (κ3) is 2.93. The zero-order valence-corrected chi connectivity index (χ0v) is 11.3. The van der Waals surface area contributed by atoms with E-state index in [0.29, 0.717) is 16.1 Å². The molecule has 1 aromatic heterocycles. The summed E-state index contributed by atoms with van der Waals surface area (Å²) >= 11 is 11.9. The quantitative estimate of drug-likeness (QED) is 0.851. The van der Waals surface area contributed by atoms with E-state index in [4.69, 9.17) is 23.2 Å². The third-order valence-corrected chi connectivity index (χ3v) is 3.22. The summed E-state index contributed by atoms with van der Waals surface area (Å²) in [4.78, 5) is 4.20. The zero-order valence-electron chi connectivity index (χ0n) is 9.77. The van der Waals surface area contributed by atoms with Gasteiger partial charge in [0.2, 0.25) is 0 Å². The van der Waals surface area contributed by atoms with E-state index >= 15 is 0 Å². The Balaban J connectivity index is 2.46. The number of benzene rings is 1. The molecule has 3 nitrogen and oxygen atoms in total. The first-order valence-corrected chi connectivity index (χ1v) is 6.35. The van der Waals surface area contributed by atoms with Gasteiger partial charge in [0, 0.05) is 22.4 Å². The van der Waals surface area contributed by atoms with Crippen molar-refractivity contribution in [3.63, 3.8) is 0 Å². The van der Waals surface area contributed by atoms with Gasteiger partial charge in [-0.25, -0.2) is 4.98 Å². The highest BCUT2D eigenvalue weighted by atomic mass is 35.5. The van der Waals surface area contributed by atoms with Gasteiger partial charge in [-0.2, -0.15) is 0 Å². The van der Waals surface area contributed by atoms with Gasteiger partial charge in [0.05, 0.1) is 17.7 Å². The molecule has 0 aliphatic carbocycles. The van der Waals surface area contributed by atoms with Gasteiger partial charge in [-0.1, -0.05) is 29.3 Å². The van der Waals surface area contributed by atoms with Crippen molar-refractivity contribution in [3.05, 3.63) is 40.0 Å². The molecule has 18 heavy (non-hydrogen) atoms. The first-order valence-electron chi connectivity index (χ1n) is 5.59. The average Bonchev–Trinajstić information content (AvgIpc) is 2.26. The number of hydrogen-bond acceptors (Lipinski definition) is 3. The van der Waals surface area contributed by atoms with Gasteiger partial charge >= 0.3 is 0 Å². The van der Waals surface area contributed by atoms with Crippen LogP contribution in [0, 0.1) is 0 Å². The highest BCUT2D eigenvalue weighted by Gasteiger charge is 2.16. The molecule has 0 fully saturated rings. The molecule has 2 aromatic rings. The summed E-state index contributed by atoms with van der Waals surface area (Å²) in [6.07, 6.45) is -1.21. The van der Waals surface area contributed by atoms with Crippen LogP contribution < -0.4 is 0 Å². The Kier molecular flexibility index (Phi) is 4.07. The lowest BCUT2D eigenvalue weighted by atomic mass is 10.0. The van der Waals surface area contributed by atoms with Crippen LogP contribution in [0.15, 0.2) is 24.3 Å². The average molecular weight is 286 g/mol. The van der Waals surface area contributed by atoms with Gasteiger partial charge in [0.1, 0.15) is 5.15 Å². The molecule has 0 saturated heterocycles. The topological polar surface area (TPSA) is 53.4 Å². The largest absolute Gasteiger partial charge is 0.393 e. The van der Waals surface area contributed by atoms with Crippen molar-refractivity contribution >= 4 is 34.1 Å². The van der Waals surface area contributed by atoms with Crippen LogP contribution in [0.4, 0.5) is 0 Å². The molecule has 0 spiro atoms. The molecule has 0 radical (unpaired) electrons. The van der Waals surface area contributed by atoms with Gasteiger partial charge in [-0.05, 0) is 25.1 Å². The lowest BCUT2D eigenvalue weighted by Gasteiger charge is -2.14. The van der Waals surface area contributed by atoms with E-state index < -0.39 is 12.2 Å². The molecule has 5 heteroatoms. The van der Waals surface area contributed by atoms with Crippen molar-refractivity contribution in [1.29, 1.82) is 0 Å². The number of nitrogens with zero attached hydrogens (tertiary/aromatic N) is 1. The van der Waals surface area contributed by atoms with E-state index in [1.807, 2.05) is 6.07 Å². The van der Waals surface area contributed by atoms with Crippen molar-refractivity contribution < 1.29 is 10.2 Å². The minimum atomic E-state index is -0.829. The maximum atomic E-state index is 9.98. The SMILES string of the molecule is C[C@H](O)C[C@H](O)c1cc2ccc(Cl)cc2nc1Cl. The minimum Gasteiger partial charge on any atom is -0.393 e. The van der Waals surface area contributed by atoms with Gasteiger partial charge < -0.3 is 10.2 Å². The summed E-state index contributed by atoms with van der Waals surface area (Å²) in [6, 6.07) is 7.06. The second-order valence-electron chi connectivity index (χ2n) is 4.31. The standard InChI is InChI=1S/C13H13Cl2NO2/c1-7(17)4-12(18)10-5-8-2-3-9(14)6-11(8)16-13(10)15/h2-3,5-7,12,17-18H,4H2,1H3/t7-,12-/m0/s1. The number of aliphatic hydroxyl groups is 2. The van der Waals surface area contributed by atoms with E-state index in [2.05, 4.69) is 4.98 Å². The second-order valence-corrected chi connectivity index (χ2v) is 5.10. The highest BCUT2D eigenvalue weighted by molar-refractivity contribution is 6.32. The summed E-state index contributed by atoms with van der Waals surface area (Å²) < 4.78 is 0. The van der Waals surface area contributed by atoms with Gasteiger partial charge in [0.25, 0.3) is 0 Å². The first kappa shape index (κ1) is 13.6. The van der Waals surface area contributed by atoms with E-state index in [1.165, 1.54) is 0 Å². The summed E-state index contributed by atoms with van der Waals surface area (Å²) in [5.41, 5.74) is 1.20. The van der Waals surface area contributed by atoms with Crippen molar-refractivity contribution in [2.24, 2.45) is 0 Å². The smallest absolute Gasteiger partial charge is 0.135 e. The molecule has 2 rings (SSSR count). The predicted molar refractivity (Wildman–Crippen MR) is 73.0 cm³/mol. The Morgan fingerprint density at radius 3 is 2.61 bits per heavy atom. The van der Waals surface area contributed by atoms with E-state index in [0.717, 1.165) is 5.39 Å². The number of hydrogen-bond donors (Lipinski definition) is 2. The number of aliphatic hydroxyl groups excluding tert-OH is 2. The fraction of sp³-hybridized carbons (Fsp3) is 0.308. The number of aromatic nitrogens is 1. The molecule has 1 aromatic carbocycles. The lowest BCUT2D eigenvalue weighted by Crippen LogP contribution is -2.09. The molecular weight excluding hydrogens is 273 g/mol. The van der Waals surface area contributed by atoms with Gasteiger partial charge in [-0.15, -0.1) is 0 Å². The van der Waals surface area contributed by atoms with Crippen LogP contribution in [0.1, 0.15) is 25.0 Å².